The summed E-state index contributed by atoms with van der Waals surface area (Å²) in [6.45, 7) is 3.88. The molecule has 6 heteroatoms. The molecule has 0 aliphatic rings. The minimum Gasteiger partial charge on any atom is -0.350 e. The van der Waals surface area contributed by atoms with Gasteiger partial charge in [0.05, 0.1) is 11.3 Å². The lowest BCUT2D eigenvalue weighted by Crippen LogP contribution is -2.32. The minimum absolute atomic E-state index is 0.0467. The highest BCUT2D eigenvalue weighted by Crippen LogP contribution is 2.15. The summed E-state index contributed by atoms with van der Waals surface area (Å²) in [5.41, 5.74) is 1.24. The van der Waals surface area contributed by atoms with Crippen molar-refractivity contribution in [3.05, 3.63) is 59.4 Å². The lowest BCUT2D eigenvalue weighted by atomic mass is 10.1. The number of benzene rings is 1. The summed E-state index contributed by atoms with van der Waals surface area (Å²) < 4.78 is 0. The molecule has 2 amide bonds. The number of pyridine rings is 1. The number of anilines is 1. The van der Waals surface area contributed by atoms with Gasteiger partial charge in [-0.25, -0.2) is 0 Å². The summed E-state index contributed by atoms with van der Waals surface area (Å²) in [6.07, 6.45) is 2.23. The Bertz CT molecular complexity index is 796. The van der Waals surface area contributed by atoms with E-state index < -0.39 is 5.91 Å². The Hall–Kier alpha value is -3.20. The van der Waals surface area contributed by atoms with Crippen LogP contribution in [0.3, 0.4) is 0 Å². The maximum atomic E-state index is 12.3. The largest absolute Gasteiger partial charge is 0.350 e. The van der Waals surface area contributed by atoms with E-state index in [-0.39, 0.29) is 17.6 Å². The van der Waals surface area contributed by atoms with Crippen molar-refractivity contribution < 1.29 is 9.59 Å². The van der Waals surface area contributed by atoms with E-state index in [2.05, 4.69) is 15.6 Å². The van der Waals surface area contributed by atoms with Crippen molar-refractivity contribution in [2.75, 3.05) is 5.32 Å². The highest BCUT2D eigenvalue weighted by atomic mass is 16.2. The molecule has 1 heterocycles. The fraction of sp³-hybridized carbons (Fsp3) is 0.222. The number of hydrogen-bond acceptors (Lipinski definition) is 4. The number of carbonyl (C=O) groups is 2. The van der Waals surface area contributed by atoms with Crippen molar-refractivity contribution in [1.82, 2.24) is 10.3 Å². The van der Waals surface area contributed by atoms with Gasteiger partial charge in [0.25, 0.3) is 11.8 Å². The van der Waals surface area contributed by atoms with E-state index in [1.807, 2.05) is 19.9 Å². The second-order valence-electron chi connectivity index (χ2n) is 5.32. The van der Waals surface area contributed by atoms with Crippen molar-refractivity contribution in [3.63, 3.8) is 0 Å². The Labute approximate surface area is 140 Å². The first-order chi connectivity index (χ1) is 11.5. The van der Waals surface area contributed by atoms with Gasteiger partial charge in [0.15, 0.2) is 0 Å². The summed E-state index contributed by atoms with van der Waals surface area (Å²) in [7, 11) is 0. The highest BCUT2D eigenvalue weighted by Gasteiger charge is 2.14. The summed E-state index contributed by atoms with van der Waals surface area (Å²) in [4.78, 5) is 28.5. The maximum Gasteiger partial charge on any atom is 0.274 e. The van der Waals surface area contributed by atoms with Crippen molar-refractivity contribution >= 4 is 17.5 Å². The topological polar surface area (TPSA) is 94.9 Å². The zero-order valence-corrected chi connectivity index (χ0v) is 13.5. The van der Waals surface area contributed by atoms with E-state index in [1.54, 1.807) is 30.3 Å². The molecule has 0 spiro atoms. The summed E-state index contributed by atoms with van der Waals surface area (Å²) in [5.74, 6) is -0.728. The predicted octanol–water partition coefficient (Wildman–Crippen LogP) is 2.73. The lowest BCUT2D eigenvalue weighted by molar-refractivity contribution is 0.0939. The number of rotatable bonds is 5. The molecule has 0 saturated carbocycles. The van der Waals surface area contributed by atoms with Gasteiger partial charge in [-0.05, 0) is 37.6 Å². The molecular formula is C18H18N4O2. The molecule has 0 fully saturated rings. The fourth-order valence-electron chi connectivity index (χ4n) is 1.98. The average molecular weight is 322 g/mol. The monoisotopic (exact) mass is 322 g/mol. The van der Waals surface area contributed by atoms with Gasteiger partial charge in [-0.1, -0.05) is 19.1 Å². The van der Waals surface area contributed by atoms with Crippen LogP contribution in [0.2, 0.25) is 0 Å². The molecule has 0 aliphatic heterocycles. The van der Waals surface area contributed by atoms with Gasteiger partial charge in [-0.3, -0.25) is 14.6 Å². The Morgan fingerprint density at radius 3 is 2.71 bits per heavy atom. The van der Waals surface area contributed by atoms with Crippen molar-refractivity contribution in [2.45, 2.75) is 26.3 Å². The van der Waals surface area contributed by atoms with Crippen LogP contribution in [0.4, 0.5) is 5.69 Å². The first-order valence-electron chi connectivity index (χ1n) is 7.62. The van der Waals surface area contributed by atoms with Crippen LogP contribution in [0.5, 0.6) is 0 Å². The van der Waals surface area contributed by atoms with E-state index in [0.29, 0.717) is 16.8 Å². The molecular weight excluding hydrogens is 304 g/mol. The van der Waals surface area contributed by atoms with E-state index in [9.17, 15) is 9.59 Å². The quantitative estimate of drug-likeness (QED) is 0.885. The van der Waals surface area contributed by atoms with Crippen LogP contribution in [0.15, 0.2) is 42.6 Å². The molecule has 1 aromatic heterocycles. The normalized spacial score (nSPS) is 11.2. The molecule has 2 rings (SSSR count). The van der Waals surface area contributed by atoms with E-state index in [1.165, 1.54) is 12.3 Å². The molecule has 1 unspecified atom stereocenters. The predicted molar refractivity (Wildman–Crippen MR) is 90.6 cm³/mol. The summed E-state index contributed by atoms with van der Waals surface area (Å²) in [5, 5.41) is 14.5. The third-order valence-corrected chi connectivity index (χ3v) is 3.54. The molecule has 1 atom stereocenters. The maximum absolute atomic E-state index is 12.3. The third kappa shape index (κ3) is 4.17. The zero-order valence-electron chi connectivity index (χ0n) is 13.5. The van der Waals surface area contributed by atoms with Gasteiger partial charge in [0.2, 0.25) is 0 Å². The second-order valence-corrected chi connectivity index (χ2v) is 5.32. The highest BCUT2D eigenvalue weighted by molar-refractivity contribution is 6.05. The smallest absolute Gasteiger partial charge is 0.274 e. The van der Waals surface area contributed by atoms with E-state index >= 15 is 0 Å². The van der Waals surface area contributed by atoms with Gasteiger partial charge in [-0.15, -0.1) is 0 Å². The summed E-state index contributed by atoms with van der Waals surface area (Å²) >= 11 is 0. The first kappa shape index (κ1) is 17.2. The van der Waals surface area contributed by atoms with Crippen LogP contribution in [0.25, 0.3) is 0 Å². The van der Waals surface area contributed by atoms with Crippen LogP contribution in [0, 0.1) is 11.3 Å². The minimum atomic E-state index is -0.476. The number of nitrogens with one attached hydrogen (secondary N) is 2. The SMILES string of the molecule is CCC(C)NC(=O)c1ccnc(C(=O)Nc2ccccc2C#N)c1. The molecule has 2 N–H and O–H groups in total. The number of nitriles is 1. The molecule has 0 aliphatic carbocycles. The summed E-state index contributed by atoms with van der Waals surface area (Å²) in [6, 6.07) is 11.7. The van der Waals surface area contributed by atoms with E-state index in [4.69, 9.17) is 5.26 Å². The fourth-order valence-corrected chi connectivity index (χ4v) is 1.98. The standard InChI is InChI=1S/C18H18N4O2/c1-3-12(2)21-17(23)13-8-9-20-16(10-13)18(24)22-15-7-5-4-6-14(15)11-19/h4-10,12H,3H2,1-2H3,(H,21,23)(H,22,24). The van der Waals surface area contributed by atoms with Crippen LogP contribution >= 0.6 is 0 Å². The number of aromatic nitrogens is 1. The Morgan fingerprint density at radius 2 is 2.00 bits per heavy atom. The Morgan fingerprint density at radius 1 is 1.25 bits per heavy atom. The number of para-hydroxylation sites is 1. The van der Waals surface area contributed by atoms with Gasteiger partial charge in [0.1, 0.15) is 11.8 Å². The molecule has 1 aromatic carbocycles. The molecule has 2 aromatic rings. The number of carbonyl (C=O) groups excluding carboxylic acids is 2. The number of hydrogen-bond donors (Lipinski definition) is 2. The third-order valence-electron chi connectivity index (χ3n) is 3.54. The van der Waals surface area contributed by atoms with E-state index in [0.717, 1.165) is 6.42 Å². The molecule has 122 valence electrons. The Kier molecular flexibility index (Phi) is 5.63. The molecule has 6 nitrogen and oxygen atoms in total. The molecule has 24 heavy (non-hydrogen) atoms. The molecule has 0 saturated heterocycles. The van der Waals surface area contributed by atoms with Gasteiger partial charge >= 0.3 is 0 Å². The molecule has 0 radical (unpaired) electrons. The van der Waals surface area contributed by atoms with Crippen LogP contribution in [0.1, 0.15) is 46.7 Å². The average Bonchev–Trinajstić information content (AvgIpc) is 2.62. The number of amides is 2. The van der Waals surface area contributed by atoms with Gasteiger partial charge < -0.3 is 10.6 Å². The van der Waals surface area contributed by atoms with Crippen LogP contribution < -0.4 is 10.6 Å². The van der Waals surface area contributed by atoms with Crippen molar-refractivity contribution in [2.24, 2.45) is 0 Å². The van der Waals surface area contributed by atoms with Crippen molar-refractivity contribution in [1.29, 1.82) is 5.26 Å². The van der Waals surface area contributed by atoms with Gasteiger partial charge in [0, 0.05) is 17.8 Å². The van der Waals surface area contributed by atoms with Crippen LogP contribution in [-0.2, 0) is 0 Å². The lowest BCUT2D eigenvalue weighted by Gasteiger charge is -2.12. The first-order valence-corrected chi connectivity index (χ1v) is 7.62. The molecule has 0 bridgehead atoms. The van der Waals surface area contributed by atoms with Gasteiger partial charge in [-0.2, -0.15) is 5.26 Å². The zero-order chi connectivity index (χ0) is 17.5. The van der Waals surface area contributed by atoms with Crippen LogP contribution in [-0.4, -0.2) is 22.8 Å². The van der Waals surface area contributed by atoms with Crippen molar-refractivity contribution in [3.8, 4) is 6.07 Å². The Balaban J connectivity index is 2.17. The second kappa shape index (κ2) is 7.88. The number of nitrogens with zero attached hydrogens (tertiary/aromatic N) is 2.